The fourth-order valence-electron chi connectivity index (χ4n) is 2.51. The van der Waals surface area contributed by atoms with Gasteiger partial charge in [-0.1, -0.05) is 6.42 Å². The van der Waals surface area contributed by atoms with Crippen molar-refractivity contribution in [1.82, 2.24) is 10.2 Å². The van der Waals surface area contributed by atoms with Crippen LogP contribution in [0.3, 0.4) is 0 Å². The number of benzene rings is 1. The molecule has 1 N–H and O–H groups in total. The quantitative estimate of drug-likeness (QED) is 0.825. The highest BCUT2D eigenvalue weighted by Crippen LogP contribution is 2.15. The number of piperidine rings is 1. The van der Waals surface area contributed by atoms with Crippen molar-refractivity contribution >= 4 is 28.5 Å². The third-order valence-corrected chi connectivity index (χ3v) is 4.45. The molecule has 2 rings (SSSR count). The summed E-state index contributed by atoms with van der Waals surface area (Å²) in [6, 6.07) is 8.33. The van der Waals surface area contributed by atoms with Gasteiger partial charge in [0.05, 0.1) is 0 Å². The van der Waals surface area contributed by atoms with Crippen LogP contribution in [-0.4, -0.2) is 36.5 Å². The van der Waals surface area contributed by atoms with E-state index in [1.165, 1.54) is 25.8 Å². The minimum absolute atomic E-state index is 0.0288. The zero-order valence-electron chi connectivity index (χ0n) is 11.4. The number of halogens is 1. The molecule has 0 bridgehead atoms. The number of hydrogen-bond acceptors (Lipinski definition) is 2. The minimum Gasteiger partial charge on any atom is -0.351 e. The summed E-state index contributed by atoms with van der Waals surface area (Å²) in [5, 5.41) is 3.00. The van der Waals surface area contributed by atoms with Crippen LogP contribution in [0, 0.1) is 3.57 Å². The van der Waals surface area contributed by atoms with E-state index in [0.717, 1.165) is 22.2 Å². The van der Waals surface area contributed by atoms with Crippen LogP contribution in [0.2, 0.25) is 0 Å². The molecule has 1 fully saturated rings. The van der Waals surface area contributed by atoms with Crippen molar-refractivity contribution in [1.29, 1.82) is 0 Å². The molecule has 0 saturated carbocycles. The topological polar surface area (TPSA) is 32.3 Å². The lowest BCUT2D eigenvalue weighted by Crippen LogP contribution is -2.42. The van der Waals surface area contributed by atoms with Gasteiger partial charge in [0.1, 0.15) is 0 Å². The number of nitrogens with one attached hydrogen (secondary N) is 1. The maximum atomic E-state index is 11.9. The van der Waals surface area contributed by atoms with E-state index in [4.69, 9.17) is 0 Å². The van der Waals surface area contributed by atoms with E-state index >= 15 is 0 Å². The summed E-state index contributed by atoms with van der Waals surface area (Å²) in [7, 11) is 0. The van der Waals surface area contributed by atoms with Crippen molar-refractivity contribution in [2.24, 2.45) is 0 Å². The van der Waals surface area contributed by atoms with Crippen LogP contribution in [0.4, 0.5) is 0 Å². The van der Waals surface area contributed by atoms with Crippen LogP contribution >= 0.6 is 22.6 Å². The van der Waals surface area contributed by atoms with E-state index in [2.05, 4.69) is 39.7 Å². The maximum absolute atomic E-state index is 11.9. The van der Waals surface area contributed by atoms with Gasteiger partial charge in [0.15, 0.2) is 0 Å². The first-order valence-electron chi connectivity index (χ1n) is 6.94. The monoisotopic (exact) mass is 372 g/mol. The lowest BCUT2D eigenvalue weighted by atomic mass is 10.0. The molecule has 1 aliphatic heterocycles. The number of nitrogens with zero attached hydrogens (tertiary/aromatic N) is 1. The molecular formula is C15H21IN2O. The largest absolute Gasteiger partial charge is 0.351 e. The first kappa shape index (κ1) is 14.8. The van der Waals surface area contributed by atoms with Gasteiger partial charge >= 0.3 is 0 Å². The summed E-state index contributed by atoms with van der Waals surface area (Å²) in [6.07, 6.45) is 3.91. The highest BCUT2D eigenvalue weighted by Gasteiger charge is 2.17. The highest BCUT2D eigenvalue weighted by molar-refractivity contribution is 14.1. The molecule has 1 heterocycles. The van der Waals surface area contributed by atoms with Gasteiger partial charge < -0.3 is 5.32 Å². The number of carbonyl (C=O) groups is 1. The SMILES string of the molecule is C[C@@H]1CCCCN1CCNC(=O)c1ccc(I)cc1. The maximum Gasteiger partial charge on any atom is 0.251 e. The Bertz CT molecular complexity index is 419. The molecule has 1 saturated heterocycles. The Kier molecular flexibility index (Phi) is 5.63. The highest BCUT2D eigenvalue weighted by atomic mass is 127. The predicted molar refractivity (Wildman–Crippen MR) is 86.4 cm³/mol. The van der Waals surface area contributed by atoms with E-state index in [0.29, 0.717) is 6.04 Å². The Balaban J connectivity index is 1.76. The van der Waals surface area contributed by atoms with E-state index in [1.807, 2.05) is 24.3 Å². The molecule has 0 unspecified atom stereocenters. The predicted octanol–water partition coefficient (Wildman–Crippen LogP) is 2.90. The second-order valence-corrected chi connectivity index (χ2v) is 6.39. The first-order valence-corrected chi connectivity index (χ1v) is 8.02. The number of rotatable bonds is 4. The summed E-state index contributed by atoms with van der Waals surface area (Å²) in [6.45, 7) is 5.13. The molecule has 1 aromatic rings. The number of carbonyl (C=O) groups excluding carboxylic acids is 1. The Morgan fingerprint density at radius 2 is 2.11 bits per heavy atom. The van der Waals surface area contributed by atoms with Gasteiger partial charge in [0.2, 0.25) is 0 Å². The van der Waals surface area contributed by atoms with Crippen molar-refractivity contribution < 1.29 is 4.79 Å². The van der Waals surface area contributed by atoms with Gasteiger partial charge in [-0.15, -0.1) is 0 Å². The van der Waals surface area contributed by atoms with Crippen LogP contribution in [0.1, 0.15) is 36.5 Å². The number of hydrogen-bond donors (Lipinski definition) is 1. The van der Waals surface area contributed by atoms with Crippen molar-refractivity contribution in [2.75, 3.05) is 19.6 Å². The van der Waals surface area contributed by atoms with Gasteiger partial charge in [-0.25, -0.2) is 0 Å². The fourth-order valence-corrected chi connectivity index (χ4v) is 2.87. The van der Waals surface area contributed by atoms with Crippen LogP contribution in [0.25, 0.3) is 0 Å². The zero-order valence-corrected chi connectivity index (χ0v) is 13.5. The van der Waals surface area contributed by atoms with Gasteiger partial charge in [0.25, 0.3) is 5.91 Å². The fraction of sp³-hybridized carbons (Fsp3) is 0.533. The summed E-state index contributed by atoms with van der Waals surface area (Å²) < 4.78 is 1.15. The zero-order chi connectivity index (χ0) is 13.7. The summed E-state index contributed by atoms with van der Waals surface area (Å²) in [4.78, 5) is 14.4. The molecule has 0 radical (unpaired) electrons. The molecule has 3 nitrogen and oxygen atoms in total. The minimum atomic E-state index is 0.0288. The van der Waals surface area contributed by atoms with Crippen LogP contribution in [-0.2, 0) is 0 Å². The van der Waals surface area contributed by atoms with Crippen molar-refractivity contribution in [3.63, 3.8) is 0 Å². The average Bonchev–Trinajstić information content (AvgIpc) is 2.41. The Labute approximate surface area is 128 Å². The molecule has 1 amide bonds. The Hall–Kier alpha value is -0.620. The Morgan fingerprint density at radius 1 is 1.37 bits per heavy atom. The molecule has 0 spiro atoms. The summed E-state index contributed by atoms with van der Waals surface area (Å²) in [5.41, 5.74) is 0.743. The van der Waals surface area contributed by atoms with E-state index in [1.54, 1.807) is 0 Å². The first-order chi connectivity index (χ1) is 9.16. The van der Waals surface area contributed by atoms with Gasteiger partial charge in [0, 0.05) is 28.3 Å². The Morgan fingerprint density at radius 3 is 2.79 bits per heavy atom. The molecular weight excluding hydrogens is 351 g/mol. The van der Waals surface area contributed by atoms with Gasteiger partial charge in [-0.3, -0.25) is 9.69 Å². The number of amides is 1. The average molecular weight is 372 g/mol. The lowest BCUT2D eigenvalue weighted by Gasteiger charge is -2.33. The molecule has 1 aliphatic rings. The normalized spacial score (nSPS) is 20.2. The van der Waals surface area contributed by atoms with E-state index in [-0.39, 0.29) is 5.91 Å². The molecule has 0 aliphatic carbocycles. The summed E-state index contributed by atoms with van der Waals surface area (Å²) >= 11 is 2.24. The van der Waals surface area contributed by atoms with Crippen LogP contribution in [0.15, 0.2) is 24.3 Å². The standard InChI is InChI=1S/C15H21IN2O/c1-12-4-2-3-10-18(12)11-9-17-15(19)13-5-7-14(16)8-6-13/h5-8,12H,2-4,9-11H2,1H3,(H,17,19)/t12-/m1/s1. The second kappa shape index (κ2) is 7.24. The smallest absolute Gasteiger partial charge is 0.251 e. The molecule has 19 heavy (non-hydrogen) atoms. The van der Waals surface area contributed by atoms with Crippen molar-refractivity contribution in [3.05, 3.63) is 33.4 Å². The molecule has 4 heteroatoms. The third-order valence-electron chi connectivity index (χ3n) is 3.73. The lowest BCUT2D eigenvalue weighted by molar-refractivity contribution is 0.0938. The van der Waals surface area contributed by atoms with Crippen molar-refractivity contribution in [3.8, 4) is 0 Å². The molecule has 0 aromatic heterocycles. The summed E-state index contributed by atoms with van der Waals surface area (Å²) in [5.74, 6) is 0.0288. The van der Waals surface area contributed by atoms with Crippen LogP contribution in [0.5, 0.6) is 0 Å². The second-order valence-electron chi connectivity index (χ2n) is 5.14. The number of likely N-dealkylation sites (tertiary alicyclic amines) is 1. The van der Waals surface area contributed by atoms with Gasteiger partial charge in [-0.2, -0.15) is 0 Å². The van der Waals surface area contributed by atoms with E-state index < -0.39 is 0 Å². The van der Waals surface area contributed by atoms with Gasteiger partial charge in [-0.05, 0) is 73.2 Å². The van der Waals surface area contributed by atoms with E-state index in [9.17, 15) is 4.79 Å². The van der Waals surface area contributed by atoms with Crippen LogP contribution < -0.4 is 5.32 Å². The van der Waals surface area contributed by atoms with Crippen molar-refractivity contribution in [2.45, 2.75) is 32.2 Å². The molecule has 104 valence electrons. The molecule has 1 aromatic carbocycles. The third kappa shape index (κ3) is 4.45. The molecule has 1 atom stereocenters.